The molecule has 5 heteroatoms. The molecule has 0 amide bonds. The molecule has 0 aromatic carbocycles. The van der Waals surface area contributed by atoms with E-state index in [4.69, 9.17) is 4.65 Å². The van der Waals surface area contributed by atoms with Crippen molar-refractivity contribution in [2.24, 2.45) is 17.8 Å². The summed E-state index contributed by atoms with van der Waals surface area (Å²) in [6.45, 7) is 17.1. The molecule has 0 spiro atoms. The van der Waals surface area contributed by atoms with Gasteiger partial charge >= 0.3 is 7.05 Å². The molecule has 4 aliphatic carbocycles. The molecular formula is C20H40BNOSi2. The van der Waals surface area contributed by atoms with Crippen molar-refractivity contribution in [2.45, 2.75) is 94.3 Å². The second-order valence-corrected chi connectivity index (χ2v) is 23.4. The molecule has 25 heavy (non-hydrogen) atoms. The van der Waals surface area contributed by atoms with Crippen LogP contribution >= 0.6 is 0 Å². The third-order valence-corrected chi connectivity index (χ3v) is 19.8. The molecule has 4 saturated carbocycles. The summed E-state index contributed by atoms with van der Waals surface area (Å²) in [6, 6.07) is 0. The lowest BCUT2D eigenvalue weighted by Crippen LogP contribution is -2.68. The van der Waals surface area contributed by atoms with Gasteiger partial charge in [0.05, 0.1) is 0 Å². The van der Waals surface area contributed by atoms with Gasteiger partial charge in [-0.05, 0) is 73.8 Å². The first-order chi connectivity index (χ1) is 11.5. The summed E-state index contributed by atoms with van der Waals surface area (Å²) >= 11 is 0. The Bertz CT molecular complexity index is 490. The van der Waals surface area contributed by atoms with E-state index >= 15 is 0 Å². The average molecular weight is 378 g/mol. The minimum atomic E-state index is -1.35. The van der Waals surface area contributed by atoms with Crippen LogP contribution in [0.15, 0.2) is 0 Å². The molecule has 1 aliphatic heterocycles. The van der Waals surface area contributed by atoms with Crippen molar-refractivity contribution in [3.8, 4) is 0 Å². The van der Waals surface area contributed by atoms with E-state index in [0.717, 1.165) is 17.8 Å². The maximum atomic E-state index is 6.48. The molecule has 0 N–H and O–H groups in total. The molecule has 142 valence electrons. The van der Waals surface area contributed by atoms with Crippen LogP contribution in [0, 0.1) is 17.8 Å². The Kier molecular flexibility index (Phi) is 4.29. The Morgan fingerprint density at radius 3 is 1.64 bits per heavy atom. The summed E-state index contributed by atoms with van der Waals surface area (Å²) in [7, 11) is -0.292. The van der Waals surface area contributed by atoms with E-state index in [1.54, 1.807) is 0 Å². The molecule has 0 aromatic heterocycles. The fourth-order valence-electron chi connectivity index (χ4n) is 8.65. The van der Waals surface area contributed by atoms with Gasteiger partial charge in [0.15, 0.2) is 0 Å². The van der Waals surface area contributed by atoms with Gasteiger partial charge in [0.2, 0.25) is 0 Å². The Morgan fingerprint density at radius 1 is 0.840 bits per heavy atom. The summed E-state index contributed by atoms with van der Waals surface area (Å²) in [5, 5.41) is 0. The quantitative estimate of drug-likeness (QED) is 0.617. The van der Waals surface area contributed by atoms with Crippen LogP contribution in [-0.4, -0.2) is 47.2 Å². The fourth-order valence-corrected chi connectivity index (χ4v) is 21.4. The van der Waals surface area contributed by atoms with Crippen molar-refractivity contribution in [1.82, 2.24) is 4.81 Å². The van der Waals surface area contributed by atoms with Crippen LogP contribution < -0.4 is 0 Å². The van der Waals surface area contributed by atoms with Gasteiger partial charge in [0.1, 0.15) is 0 Å². The zero-order chi connectivity index (χ0) is 18.3. The molecule has 0 unspecified atom stereocenters. The van der Waals surface area contributed by atoms with E-state index in [1.807, 2.05) is 7.11 Å². The largest absolute Gasteiger partial charge is 0.424 e. The summed E-state index contributed by atoms with van der Waals surface area (Å²) < 4.78 is 6.96. The molecular weight excluding hydrogens is 337 g/mol. The van der Waals surface area contributed by atoms with Crippen LogP contribution in [0.25, 0.3) is 0 Å². The van der Waals surface area contributed by atoms with E-state index in [9.17, 15) is 0 Å². The number of hydrogen-bond acceptors (Lipinski definition) is 2. The molecule has 0 atom stereocenters. The lowest BCUT2D eigenvalue weighted by molar-refractivity contribution is -0.0605. The molecule has 0 radical (unpaired) electrons. The third-order valence-electron chi connectivity index (χ3n) is 8.97. The van der Waals surface area contributed by atoms with Gasteiger partial charge < -0.3 is 9.47 Å². The number of hydrogen-bond donors (Lipinski definition) is 0. The maximum absolute atomic E-state index is 6.48. The lowest BCUT2D eigenvalue weighted by Gasteiger charge is -2.62. The van der Waals surface area contributed by atoms with Crippen molar-refractivity contribution in [1.29, 1.82) is 0 Å². The molecule has 1 saturated heterocycles. The monoisotopic (exact) mass is 377 g/mol. The standard InChI is InChI=1S/C20H40BNOSi2/c1-23-21-20(24(2,3)4,25(5,6)7)8-9-22(21)19-13-16-10-17(14-19)12-18(11-16)15-19/h16-18H,8-15H2,1-7H3. The minimum absolute atomic E-state index is 0.391. The fraction of sp³-hybridized carbons (Fsp3) is 1.00. The average Bonchev–Trinajstić information content (AvgIpc) is 2.86. The number of nitrogens with zero attached hydrogens (tertiary/aromatic N) is 1. The lowest BCUT2D eigenvalue weighted by atomic mass is 9.51. The molecule has 4 bridgehead atoms. The maximum Gasteiger partial charge on any atom is 0.383 e. The first kappa shape index (κ1) is 18.8. The highest BCUT2D eigenvalue weighted by atomic mass is 28.4. The normalized spacial score (nSPS) is 40.9. The Hall–Kier alpha value is 0.419. The van der Waals surface area contributed by atoms with Crippen molar-refractivity contribution < 1.29 is 4.65 Å². The predicted molar refractivity (Wildman–Crippen MR) is 114 cm³/mol. The smallest absolute Gasteiger partial charge is 0.383 e. The van der Waals surface area contributed by atoms with Gasteiger partial charge in [-0.2, -0.15) is 0 Å². The zero-order valence-electron chi connectivity index (χ0n) is 17.8. The molecule has 0 aromatic rings. The molecule has 2 nitrogen and oxygen atoms in total. The van der Waals surface area contributed by atoms with Gasteiger partial charge in [0, 0.05) is 28.8 Å². The SMILES string of the molecule is COB1N(C23CC4CC(CC(C4)C2)C3)CCC1([Si](C)(C)C)[Si](C)(C)C. The highest BCUT2D eigenvalue weighted by Crippen LogP contribution is 2.63. The Labute approximate surface area is 158 Å². The van der Waals surface area contributed by atoms with Crippen LogP contribution in [0.1, 0.15) is 44.9 Å². The van der Waals surface area contributed by atoms with Crippen molar-refractivity contribution in [3.05, 3.63) is 0 Å². The van der Waals surface area contributed by atoms with Gasteiger partial charge in [-0.3, -0.25) is 0 Å². The minimum Gasteiger partial charge on any atom is -0.424 e. The second kappa shape index (κ2) is 5.71. The first-order valence-electron chi connectivity index (χ1n) is 10.8. The number of rotatable bonds is 4. The van der Waals surface area contributed by atoms with Gasteiger partial charge in [0.25, 0.3) is 0 Å². The van der Waals surface area contributed by atoms with Gasteiger partial charge in [-0.25, -0.2) is 0 Å². The van der Waals surface area contributed by atoms with E-state index in [0.29, 0.717) is 17.2 Å². The molecule has 5 aliphatic rings. The van der Waals surface area contributed by atoms with E-state index < -0.39 is 16.1 Å². The van der Waals surface area contributed by atoms with Crippen LogP contribution in [0.2, 0.25) is 43.8 Å². The van der Waals surface area contributed by atoms with Crippen molar-refractivity contribution in [3.63, 3.8) is 0 Å². The third kappa shape index (κ3) is 2.55. The first-order valence-corrected chi connectivity index (χ1v) is 17.8. The molecule has 5 fully saturated rings. The van der Waals surface area contributed by atoms with Gasteiger partial charge in [-0.1, -0.05) is 39.3 Å². The van der Waals surface area contributed by atoms with Crippen molar-refractivity contribution in [2.75, 3.05) is 13.7 Å². The summed E-state index contributed by atoms with van der Waals surface area (Å²) in [5.74, 6) is 3.08. The topological polar surface area (TPSA) is 12.5 Å². The van der Waals surface area contributed by atoms with E-state index in [-0.39, 0.29) is 0 Å². The van der Waals surface area contributed by atoms with Crippen molar-refractivity contribution >= 4 is 23.2 Å². The predicted octanol–water partition coefficient (Wildman–Crippen LogP) is 5.29. The van der Waals surface area contributed by atoms with Crippen LogP contribution in [-0.2, 0) is 4.65 Å². The summed E-state index contributed by atoms with van der Waals surface area (Å²) in [5.41, 5.74) is 0.497. The Balaban J connectivity index is 1.73. The molecule has 1 heterocycles. The zero-order valence-corrected chi connectivity index (χ0v) is 19.8. The summed E-state index contributed by atoms with van der Waals surface area (Å²) in [6.07, 6.45) is 10.5. The van der Waals surface area contributed by atoms with Crippen LogP contribution in [0.4, 0.5) is 0 Å². The van der Waals surface area contributed by atoms with E-state index in [1.165, 1.54) is 51.5 Å². The highest BCUT2D eigenvalue weighted by Gasteiger charge is 2.68. The van der Waals surface area contributed by atoms with Crippen LogP contribution in [0.3, 0.4) is 0 Å². The van der Waals surface area contributed by atoms with Gasteiger partial charge in [-0.15, -0.1) is 0 Å². The summed E-state index contributed by atoms with van der Waals surface area (Å²) in [4.78, 5) is 2.97. The van der Waals surface area contributed by atoms with Crippen LogP contribution in [0.5, 0.6) is 0 Å². The second-order valence-electron chi connectivity index (χ2n) is 12.1. The Morgan fingerprint density at radius 2 is 1.28 bits per heavy atom. The molecule has 5 rings (SSSR count). The van der Waals surface area contributed by atoms with E-state index in [2.05, 4.69) is 44.1 Å². The highest BCUT2D eigenvalue weighted by molar-refractivity contribution is 7.09.